The number of hydrogen-bond donors (Lipinski definition) is 0. The number of hydrogen-bond acceptors (Lipinski definition) is 8. The Morgan fingerprint density at radius 2 is 2.06 bits per heavy atom. The molecule has 9 heteroatoms. The smallest absolute Gasteiger partial charge is 0.266 e. The van der Waals surface area contributed by atoms with Gasteiger partial charge >= 0.3 is 0 Å². The first-order valence-corrected chi connectivity index (χ1v) is 10.4. The molecule has 1 saturated heterocycles. The number of furan rings is 1. The van der Waals surface area contributed by atoms with Gasteiger partial charge in [0.25, 0.3) is 5.89 Å². The minimum atomic E-state index is 0.0544. The molecule has 1 aromatic carbocycles. The van der Waals surface area contributed by atoms with Crippen LogP contribution < -0.4 is 9.64 Å². The average molecular weight is 435 g/mol. The third-order valence-corrected chi connectivity index (χ3v) is 5.45. The molecule has 0 atom stereocenters. The van der Waals surface area contributed by atoms with Gasteiger partial charge in [-0.25, -0.2) is 0 Å². The molecular formula is C23H25N5O4. The van der Waals surface area contributed by atoms with Crippen molar-refractivity contribution in [3.8, 4) is 23.5 Å². The van der Waals surface area contributed by atoms with Crippen LogP contribution in [-0.4, -0.2) is 67.6 Å². The highest BCUT2D eigenvalue weighted by Crippen LogP contribution is 2.29. The fraction of sp³-hybridized carbons (Fsp3) is 0.348. The SMILES string of the molecule is COc1cccc(CN(C)C(=O)CN2CCN(c3oc(-c4ccco4)nc3C#N)CC2)c1. The fourth-order valence-electron chi connectivity index (χ4n) is 3.66. The molecule has 3 heterocycles. The Bertz CT molecular complexity index is 1090. The molecule has 0 radical (unpaired) electrons. The highest BCUT2D eigenvalue weighted by molar-refractivity contribution is 5.78. The summed E-state index contributed by atoms with van der Waals surface area (Å²) in [5.41, 5.74) is 1.26. The number of amides is 1. The van der Waals surface area contributed by atoms with Crippen molar-refractivity contribution in [2.45, 2.75) is 6.54 Å². The van der Waals surface area contributed by atoms with Gasteiger partial charge in [0.15, 0.2) is 5.76 Å². The van der Waals surface area contributed by atoms with Crippen LogP contribution in [0.3, 0.4) is 0 Å². The van der Waals surface area contributed by atoms with E-state index in [1.807, 2.05) is 36.2 Å². The Balaban J connectivity index is 1.32. The van der Waals surface area contributed by atoms with E-state index in [9.17, 15) is 10.1 Å². The second-order valence-corrected chi connectivity index (χ2v) is 7.63. The second kappa shape index (κ2) is 9.58. The predicted molar refractivity (Wildman–Crippen MR) is 117 cm³/mol. The lowest BCUT2D eigenvalue weighted by Crippen LogP contribution is -2.49. The Morgan fingerprint density at radius 1 is 1.25 bits per heavy atom. The van der Waals surface area contributed by atoms with E-state index in [0.29, 0.717) is 56.8 Å². The number of carbonyl (C=O) groups is 1. The van der Waals surface area contributed by atoms with E-state index in [2.05, 4.69) is 16.0 Å². The summed E-state index contributed by atoms with van der Waals surface area (Å²) < 4.78 is 16.4. The van der Waals surface area contributed by atoms with Crippen LogP contribution in [0.1, 0.15) is 11.3 Å². The van der Waals surface area contributed by atoms with E-state index in [1.54, 1.807) is 24.1 Å². The lowest BCUT2D eigenvalue weighted by Gasteiger charge is -2.34. The normalized spacial score (nSPS) is 14.2. The van der Waals surface area contributed by atoms with Crippen molar-refractivity contribution in [1.82, 2.24) is 14.8 Å². The van der Waals surface area contributed by atoms with Gasteiger partial charge in [0, 0.05) is 39.8 Å². The molecule has 1 aliphatic rings. The fourth-order valence-corrected chi connectivity index (χ4v) is 3.66. The molecule has 0 saturated carbocycles. The number of carbonyl (C=O) groups excluding carboxylic acids is 1. The van der Waals surface area contributed by atoms with Gasteiger partial charge in [-0.3, -0.25) is 9.69 Å². The Labute approximate surface area is 186 Å². The molecule has 32 heavy (non-hydrogen) atoms. The van der Waals surface area contributed by atoms with Crippen molar-refractivity contribution in [3.05, 3.63) is 53.9 Å². The maximum Gasteiger partial charge on any atom is 0.266 e. The Hall–Kier alpha value is -3.77. The molecule has 0 N–H and O–H groups in total. The molecule has 0 aliphatic carbocycles. The number of oxazole rings is 1. The van der Waals surface area contributed by atoms with Gasteiger partial charge in [-0.05, 0) is 29.8 Å². The maximum atomic E-state index is 12.7. The van der Waals surface area contributed by atoms with Crippen LogP contribution >= 0.6 is 0 Å². The van der Waals surface area contributed by atoms with Crippen LogP contribution in [0.25, 0.3) is 11.7 Å². The molecule has 1 amide bonds. The zero-order valence-electron chi connectivity index (χ0n) is 18.2. The molecule has 166 valence electrons. The summed E-state index contributed by atoms with van der Waals surface area (Å²) in [4.78, 5) is 22.8. The van der Waals surface area contributed by atoms with E-state index >= 15 is 0 Å². The second-order valence-electron chi connectivity index (χ2n) is 7.63. The minimum absolute atomic E-state index is 0.0544. The first kappa shape index (κ1) is 21.5. The lowest BCUT2D eigenvalue weighted by atomic mass is 10.2. The van der Waals surface area contributed by atoms with Gasteiger partial charge in [-0.1, -0.05) is 12.1 Å². The summed E-state index contributed by atoms with van der Waals surface area (Å²) in [6.07, 6.45) is 1.53. The number of nitriles is 1. The predicted octanol–water partition coefficient (Wildman–Crippen LogP) is 2.60. The van der Waals surface area contributed by atoms with Gasteiger partial charge in [0.2, 0.25) is 17.5 Å². The van der Waals surface area contributed by atoms with Crippen molar-refractivity contribution in [2.24, 2.45) is 0 Å². The molecule has 0 bridgehead atoms. The largest absolute Gasteiger partial charge is 0.497 e. The summed E-state index contributed by atoms with van der Waals surface area (Å²) >= 11 is 0. The van der Waals surface area contributed by atoms with Gasteiger partial charge in [0.05, 0.1) is 19.9 Å². The first-order chi connectivity index (χ1) is 15.6. The van der Waals surface area contributed by atoms with E-state index in [1.165, 1.54) is 6.26 Å². The van der Waals surface area contributed by atoms with Crippen LogP contribution in [0.4, 0.5) is 5.88 Å². The number of methoxy groups -OCH3 is 1. The number of ether oxygens (including phenoxy) is 1. The first-order valence-electron chi connectivity index (χ1n) is 10.4. The summed E-state index contributed by atoms with van der Waals surface area (Å²) in [7, 11) is 3.44. The highest BCUT2D eigenvalue weighted by Gasteiger charge is 2.26. The van der Waals surface area contributed by atoms with Crippen LogP contribution in [0.5, 0.6) is 5.75 Å². The zero-order valence-corrected chi connectivity index (χ0v) is 18.2. The molecule has 9 nitrogen and oxygen atoms in total. The molecule has 1 fully saturated rings. The minimum Gasteiger partial charge on any atom is -0.497 e. The zero-order chi connectivity index (χ0) is 22.5. The van der Waals surface area contributed by atoms with Gasteiger partial charge < -0.3 is 23.4 Å². The average Bonchev–Trinajstić information content (AvgIpc) is 3.49. The van der Waals surface area contributed by atoms with Crippen LogP contribution in [0.15, 0.2) is 51.5 Å². The number of rotatable bonds is 7. The lowest BCUT2D eigenvalue weighted by molar-refractivity contribution is -0.131. The number of anilines is 1. The highest BCUT2D eigenvalue weighted by atomic mass is 16.5. The van der Waals surface area contributed by atoms with Crippen LogP contribution in [0, 0.1) is 11.3 Å². The maximum absolute atomic E-state index is 12.7. The van der Waals surface area contributed by atoms with Gasteiger partial charge in [-0.15, -0.1) is 0 Å². The molecule has 1 aliphatic heterocycles. The van der Waals surface area contributed by atoms with E-state index in [-0.39, 0.29) is 11.6 Å². The van der Waals surface area contributed by atoms with E-state index in [4.69, 9.17) is 13.6 Å². The number of likely N-dealkylation sites (N-methyl/N-ethyl adjacent to an activating group) is 1. The molecular weight excluding hydrogens is 410 g/mol. The molecule has 0 spiro atoms. The third kappa shape index (κ3) is 4.76. The van der Waals surface area contributed by atoms with Crippen molar-refractivity contribution >= 4 is 11.8 Å². The standard InChI is InChI=1S/C23H25N5O4/c1-26(15-17-5-3-6-18(13-17)30-2)21(29)16-27-8-10-28(11-9-27)23-19(14-24)25-22(32-23)20-7-4-12-31-20/h3-7,12-13H,8-11,15-16H2,1-2H3. The summed E-state index contributed by atoms with van der Waals surface area (Å²) in [5.74, 6) is 2.05. The molecule has 2 aromatic heterocycles. The van der Waals surface area contributed by atoms with Crippen molar-refractivity contribution in [1.29, 1.82) is 5.26 Å². The van der Waals surface area contributed by atoms with Crippen molar-refractivity contribution < 1.29 is 18.4 Å². The van der Waals surface area contributed by atoms with Crippen molar-refractivity contribution in [3.63, 3.8) is 0 Å². The van der Waals surface area contributed by atoms with Gasteiger partial charge in [0.1, 0.15) is 11.8 Å². The van der Waals surface area contributed by atoms with Gasteiger partial charge in [-0.2, -0.15) is 10.2 Å². The number of benzene rings is 1. The topological polar surface area (TPSA) is 99.0 Å². The monoisotopic (exact) mass is 435 g/mol. The number of nitrogens with zero attached hydrogens (tertiary/aromatic N) is 5. The van der Waals surface area contributed by atoms with Crippen LogP contribution in [0.2, 0.25) is 0 Å². The van der Waals surface area contributed by atoms with E-state index < -0.39 is 0 Å². The molecule has 4 rings (SSSR count). The van der Waals surface area contributed by atoms with E-state index in [0.717, 1.165) is 11.3 Å². The summed E-state index contributed by atoms with van der Waals surface area (Å²) in [6, 6.07) is 13.3. The summed E-state index contributed by atoms with van der Waals surface area (Å²) in [6.45, 7) is 3.49. The third-order valence-electron chi connectivity index (χ3n) is 5.45. The Morgan fingerprint density at radius 3 is 2.75 bits per heavy atom. The summed E-state index contributed by atoms with van der Waals surface area (Å²) in [5, 5.41) is 9.45. The molecule has 0 unspecified atom stereocenters. The Kier molecular flexibility index (Phi) is 6.42. The number of aromatic nitrogens is 1. The number of piperazine rings is 1. The van der Waals surface area contributed by atoms with Crippen LogP contribution in [-0.2, 0) is 11.3 Å². The quantitative estimate of drug-likeness (QED) is 0.558. The van der Waals surface area contributed by atoms with Crippen molar-refractivity contribution in [2.75, 3.05) is 51.8 Å². The molecule has 3 aromatic rings.